The lowest BCUT2D eigenvalue weighted by Crippen LogP contribution is -2.48. The number of hydrogen-bond donors (Lipinski definition) is 0. The fourth-order valence-corrected chi connectivity index (χ4v) is 1.69. The van der Waals surface area contributed by atoms with Crippen LogP contribution in [0, 0.1) is 0 Å². The van der Waals surface area contributed by atoms with Gasteiger partial charge in [0.15, 0.2) is 0 Å². The van der Waals surface area contributed by atoms with Crippen molar-refractivity contribution in [1.82, 2.24) is 9.80 Å². The van der Waals surface area contributed by atoms with E-state index < -0.39 is 0 Å². The largest absolute Gasteiger partial charge is 0.450 e. The summed E-state index contributed by atoms with van der Waals surface area (Å²) in [4.78, 5) is 15.5. The predicted octanol–water partition coefficient (Wildman–Crippen LogP) is 1.59. The quantitative estimate of drug-likeness (QED) is 0.746. The lowest BCUT2D eigenvalue weighted by molar-refractivity contribution is 0.0797. The van der Waals surface area contributed by atoms with Gasteiger partial charge in [-0.05, 0) is 19.9 Å². The Morgan fingerprint density at radius 2 is 1.80 bits per heavy atom. The van der Waals surface area contributed by atoms with Gasteiger partial charge >= 0.3 is 6.09 Å². The number of carbonyl (C=O) groups excluding carboxylic acids is 1. The molecule has 90 valence electrons. The molecule has 1 amide bonds. The second kappa shape index (κ2) is 7.77. The molecule has 0 saturated carbocycles. The number of piperazine rings is 1. The molecule has 0 radical (unpaired) electrons. The highest BCUT2D eigenvalue weighted by molar-refractivity contribution is 5.85. The van der Waals surface area contributed by atoms with E-state index in [1.54, 1.807) is 4.90 Å². The zero-order chi connectivity index (χ0) is 10.4. The Bertz CT molecular complexity index is 182. The molecule has 0 atom stereocenters. The number of amides is 1. The van der Waals surface area contributed by atoms with Crippen LogP contribution in [0.3, 0.4) is 0 Å². The number of carbonyl (C=O) groups is 1. The molecule has 4 nitrogen and oxygen atoms in total. The average Bonchev–Trinajstić information content (AvgIpc) is 2.20. The van der Waals surface area contributed by atoms with Crippen molar-refractivity contribution in [2.24, 2.45) is 0 Å². The van der Waals surface area contributed by atoms with Gasteiger partial charge in [0.2, 0.25) is 0 Å². The molecule has 1 rings (SSSR count). The van der Waals surface area contributed by atoms with Crippen LogP contribution < -0.4 is 0 Å². The van der Waals surface area contributed by atoms with E-state index in [1.165, 1.54) is 6.42 Å². The summed E-state index contributed by atoms with van der Waals surface area (Å²) in [5.74, 6) is 0. The Balaban J connectivity index is 0.00000196. The van der Waals surface area contributed by atoms with Gasteiger partial charge in [0.05, 0.1) is 6.61 Å². The predicted molar refractivity (Wildman–Crippen MR) is 62.6 cm³/mol. The van der Waals surface area contributed by atoms with Crippen LogP contribution in [0.2, 0.25) is 0 Å². The first-order valence-electron chi connectivity index (χ1n) is 5.42. The topological polar surface area (TPSA) is 32.8 Å². The summed E-state index contributed by atoms with van der Waals surface area (Å²) < 4.78 is 4.95. The van der Waals surface area contributed by atoms with E-state index in [0.29, 0.717) is 6.61 Å². The van der Waals surface area contributed by atoms with Gasteiger partial charge in [-0.2, -0.15) is 0 Å². The van der Waals surface area contributed by atoms with Gasteiger partial charge in [-0.3, -0.25) is 4.90 Å². The molecule has 5 heteroatoms. The molecule has 1 fully saturated rings. The Hall–Kier alpha value is -0.480. The molecule has 1 aliphatic rings. The molecule has 0 aromatic rings. The molecule has 0 unspecified atom stereocenters. The van der Waals surface area contributed by atoms with Gasteiger partial charge in [0.25, 0.3) is 0 Å². The molecule has 0 N–H and O–H groups in total. The van der Waals surface area contributed by atoms with Crippen LogP contribution >= 0.6 is 12.4 Å². The second-order valence-electron chi connectivity index (χ2n) is 3.53. The lowest BCUT2D eigenvalue weighted by atomic mass is 10.3. The second-order valence-corrected chi connectivity index (χ2v) is 3.53. The van der Waals surface area contributed by atoms with E-state index in [1.807, 2.05) is 6.92 Å². The van der Waals surface area contributed by atoms with Crippen LogP contribution in [0.1, 0.15) is 20.3 Å². The molecule has 0 aliphatic carbocycles. The molecule has 1 saturated heterocycles. The van der Waals surface area contributed by atoms with Gasteiger partial charge < -0.3 is 9.64 Å². The fourth-order valence-electron chi connectivity index (χ4n) is 1.69. The van der Waals surface area contributed by atoms with E-state index in [4.69, 9.17) is 4.74 Å². The number of halogens is 1. The minimum absolute atomic E-state index is 0. The van der Waals surface area contributed by atoms with Crippen molar-refractivity contribution in [3.63, 3.8) is 0 Å². The SMILES string of the molecule is CCCN1CCN(C(=O)OCC)CC1.Cl. The first kappa shape index (κ1) is 14.5. The highest BCUT2D eigenvalue weighted by atomic mass is 35.5. The van der Waals surface area contributed by atoms with Gasteiger partial charge in [0, 0.05) is 26.2 Å². The summed E-state index contributed by atoms with van der Waals surface area (Å²) in [5.41, 5.74) is 0. The molecular weight excluding hydrogens is 216 g/mol. The molecular formula is C10H21ClN2O2. The van der Waals surface area contributed by atoms with Crippen molar-refractivity contribution < 1.29 is 9.53 Å². The van der Waals surface area contributed by atoms with Crippen molar-refractivity contribution >= 4 is 18.5 Å². The zero-order valence-corrected chi connectivity index (χ0v) is 10.4. The first-order valence-corrected chi connectivity index (χ1v) is 5.42. The third kappa shape index (κ3) is 4.71. The Morgan fingerprint density at radius 3 is 2.27 bits per heavy atom. The number of rotatable bonds is 3. The molecule has 0 aromatic carbocycles. The smallest absolute Gasteiger partial charge is 0.409 e. The van der Waals surface area contributed by atoms with E-state index >= 15 is 0 Å². The van der Waals surface area contributed by atoms with E-state index in [9.17, 15) is 4.79 Å². The van der Waals surface area contributed by atoms with Gasteiger partial charge in [-0.15, -0.1) is 12.4 Å². The summed E-state index contributed by atoms with van der Waals surface area (Å²) in [7, 11) is 0. The monoisotopic (exact) mass is 236 g/mol. The van der Waals surface area contributed by atoms with E-state index in [-0.39, 0.29) is 18.5 Å². The molecule has 15 heavy (non-hydrogen) atoms. The Morgan fingerprint density at radius 1 is 1.20 bits per heavy atom. The minimum atomic E-state index is -0.163. The van der Waals surface area contributed by atoms with Crippen LogP contribution in [0.25, 0.3) is 0 Å². The number of nitrogens with zero attached hydrogens (tertiary/aromatic N) is 2. The lowest BCUT2D eigenvalue weighted by Gasteiger charge is -2.33. The van der Waals surface area contributed by atoms with Gasteiger partial charge in [-0.1, -0.05) is 6.92 Å². The van der Waals surface area contributed by atoms with Crippen molar-refractivity contribution in [3.8, 4) is 0 Å². The molecule has 0 spiro atoms. The van der Waals surface area contributed by atoms with E-state index in [0.717, 1.165) is 32.7 Å². The third-order valence-electron chi connectivity index (χ3n) is 2.44. The van der Waals surface area contributed by atoms with Crippen LogP contribution in [0.15, 0.2) is 0 Å². The highest BCUT2D eigenvalue weighted by Crippen LogP contribution is 2.03. The summed E-state index contributed by atoms with van der Waals surface area (Å²) in [6.45, 7) is 9.19. The Kier molecular flexibility index (Phi) is 7.52. The van der Waals surface area contributed by atoms with Crippen molar-refractivity contribution in [1.29, 1.82) is 0 Å². The molecule has 1 heterocycles. The maximum Gasteiger partial charge on any atom is 0.409 e. The standard InChI is InChI=1S/C10H20N2O2.ClH/c1-3-5-11-6-8-12(9-7-11)10(13)14-4-2;/h3-9H2,1-2H3;1H. The first-order chi connectivity index (χ1) is 6.77. The summed E-state index contributed by atoms with van der Waals surface area (Å²) >= 11 is 0. The minimum Gasteiger partial charge on any atom is -0.450 e. The van der Waals surface area contributed by atoms with Crippen molar-refractivity contribution in [3.05, 3.63) is 0 Å². The summed E-state index contributed by atoms with van der Waals surface area (Å²) in [6.07, 6.45) is 1.02. The maximum atomic E-state index is 11.3. The van der Waals surface area contributed by atoms with Crippen LogP contribution in [-0.2, 0) is 4.74 Å². The third-order valence-corrected chi connectivity index (χ3v) is 2.44. The van der Waals surface area contributed by atoms with Gasteiger partial charge in [0.1, 0.15) is 0 Å². The van der Waals surface area contributed by atoms with E-state index in [2.05, 4.69) is 11.8 Å². The fraction of sp³-hybridized carbons (Fsp3) is 0.900. The van der Waals surface area contributed by atoms with Crippen LogP contribution in [0.4, 0.5) is 4.79 Å². The average molecular weight is 237 g/mol. The number of hydrogen-bond acceptors (Lipinski definition) is 3. The van der Waals surface area contributed by atoms with Crippen molar-refractivity contribution in [2.45, 2.75) is 20.3 Å². The van der Waals surface area contributed by atoms with Gasteiger partial charge in [-0.25, -0.2) is 4.79 Å². The maximum absolute atomic E-state index is 11.3. The zero-order valence-electron chi connectivity index (χ0n) is 9.57. The van der Waals surface area contributed by atoms with Crippen LogP contribution in [0.5, 0.6) is 0 Å². The normalized spacial score (nSPS) is 17.1. The Labute approximate surface area is 98.0 Å². The molecule has 0 bridgehead atoms. The summed E-state index contributed by atoms with van der Waals surface area (Å²) in [6, 6.07) is 0. The molecule has 0 aromatic heterocycles. The van der Waals surface area contributed by atoms with Crippen LogP contribution in [-0.4, -0.2) is 55.2 Å². The summed E-state index contributed by atoms with van der Waals surface area (Å²) in [5, 5.41) is 0. The van der Waals surface area contributed by atoms with Crippen molar-refractivity contribution in [2.75, 3.05) is 39.3 Å². The molecule has 1 aliphatic heterocycles. The highest BCUT2D eigenvalue weighted by Gasteiger charge is 2.20. The number of ether oxygens (including phenoxy) is 1.